The van der Waals surface area contributed by atoms with Gasteiger partial charge in [-0.3, -0.25) is 4.79 Å². The van der Waals surface area contributed by atoms with Crippen LogP contribution in [0.4, 0.5) is 0 Å². The van der Waals surface area contributed by atoms with Crippen LogP contribution in [-0.2, 0) is 4.79 Å². The van der Waals surface area contributed by atoms with Crippen LogP contribution >= 0.6 is 11.8 Å². The minimum absolute atomic E-state index is 0.201. The highest BCUT2D eigenvalue weighted by Gasteiger charge is 2.19. The van der Waals surface area contributed by atoms with Gasteiger partial charge in [0.25, 0.3) is 0 Å². The van der Waals surface area contributed by atoms with Gasteiger partial charge in [0, 0.05) is 11.0 Å². The first-order valence-electron chi connectivity index (χ1n) is 6.96. The molecule has 0 amide bonds. The van der Waals surface area contributed by atoms with Crippen molar-refractivity contribution in [2.45, 2.75) is 24.0 Å². The number of hydrogen-bond acceptors (Lipinski definition) is 5. The first kappa shape index (κ1) is 14.8. The summed E-state index contributed by atoms with van der Waals surface area (Å²) in [5, 5.41) is -0.298. The van der Waals surface area contributed by atoms with Crippen LogP contribution in [0.3, 0.4) is 0 Å². The number of aryl methyl sites for hydroxylation is 1. The molecule has 1 atom stereocenters. The van der Waals surface area contributed by atoms with Crippen molar-refractivity contribution in [1.29, 1.82) is 0 Å². The summed E-state index contributed by atoms with van der Waals surface area (Å²) in [6, 6.07) is 13.2. The first-order valence-corrected chi connectivity index (χ1v) is 7.84. The Morgan fingerprint density at radius 1 is 1.14 bits per heavy atom. The van der Waals surface area contributed by atoms with Crippen LogP contribution in [0, 0.1) is 6.92 Å². The Labute approximate surface area is 133 Å². The zero-order chi connectivity index (χ0) is 15.5. The lowest BCUT2D eigenvalue weighted by molar-refractivity contribution is -0.133. The van der Waals surface area contributed by atoms with Gasteiger partial charge in [0.05, 0.1) is 0 Å². The number of esters is 1. The van der Waals surface area contributed by atoms with Gasteiger partial charge >= 0.3 is 5.97 Å². The molecular formula is C17H16O4S. The van der Waals surface area contributed by atoms with Gasteiger partial charge in [0.1, 0.15) is 11.0 Å². The van der Waals surface area contributed by atoms with Crippen molar-refractivity contribution in [2.24, 2.45) is 0 Å². The fourth-order valence-corrected chi connectivity index (χ4v) is 2.85. The molecule has 0 N–H and O–H groups in total. The molecule has 5 heteroatoms. The summed E-state index contributed by atoms with van der Waals surface area (Å²) in [6.45, 7) is 4.07. The molecule has 22 heavy (non-hydrogen) atoms. The van der Waals surface area contributed by atoms with E-state index in [0.29, 0.717) is 17.2 Å². The monoisotopic (exact) mass is 316 g/mol. The van der Waals surface area contributed by atoms with Crippen LogP contribution < -0.4 is 14.2 Å². The molecule has 4 nitrogen and oxygen atoms in total. The third-order valence-electron chi connectivity index (χ3n) is 3.23. The van der Waals surface area contributed by atoms with Crippen LogP contribution in [0.5, 0.6) is 17.2 Å². The lowest BCUT2D eigenvalue weighted by Crippen LogP contribution is -2.19. The minimum atomic E-state index is -0.298. The second-order valence-corrected chi connectivity index (χ2v) is 6.42. The van der Waals surface area contributed by atoms with Crippen molar-refractivity contribution in [3.63, 3.8) is 0 Å². The topological polar surface area (TPSA) is 44.8 Å². The van der Waals surface area contributed by atoms with E-state index in [9.17, 15) is 4.79 Å². The summed E-state index contributed by atoms with van der Waals surface area (Å²) in [5.41, 5.74) is 1.19. The predicted molar refractivity (Wildman–Crippen MR) is 84.7 cm³/mol. The van der Waals surface area contributed by atoms with Gasteiger partial charge in [-0.05, 0) is 38.1 Å². The second kappa shape index (κ2) is 6.32. The zero-order valence-electron chi connectivity index (χ0n) is 12.4. The molecule has 0 bridgehead atoms. The van der Waals surface area contributed by atoms with Crippen molar-refractivity contribution in [1.82, 2.24) is 0 Å². The smallest absolute Gasteiger partial charge is 0.324 e. The molecule has 0 unspecified atom stereocenters. The number of ether oxygens (including phenoxy) is 3. The van der Waals surface area contributed by atoms with Crippen molar-refractivity contribution >= 4 is 17.7 Å². The molecule has 3 rings (SSSR count). The molecule has 2 aromatic carbocycles. The van der Waals surface area contributed by atoms with Crippen molar-refractivity contribution in [3.05, 3.63) is 48.0 Å². The Morgan fingerprint density at radius 3 is 2.64 bits per heavy atom. The molecule has 1 aliphatic heterocycles. The van der Waals surface area contributed by atoms with Crippen molar-refractivity contribution < 1.29 is 19.0 Å². The Kier molecular flexibility index (Phi) is 4.24. The van der Waals surface area contributed by atoms with Gasteiger partial charge in [0.2, 0.25) is 6.79 Å². The number of thioether (sulfide) groups is 1. The first-order chi connectivity index (χ1) is 10.6. The number of carbonyl (C=O) groups excluding carboxylic acids is 1. The fourth-order valence-electron chi connectivity index (χ4n) is 2.01. The molecule has 114 valence electrons. The van der Waals surface area contributed by atoms with Crippen LogP contribution in [0.15, 0.2) is 47.4 Å². The highest BCUT2D eigenvalue weighted by Crippen LogP contribution is 2.35. The normalized spacial score (nSPS) is 13.7. The SMILES string of the molecule is Cc1ccc(S[C@@H](C)C(=O)Oc2ccc3c(c2)OCO3)cc1. The van der Waals surface area contributed by atoms with E-state index in [1.54, 1.807) is 18.2 Å². The molecule has 0 radical (unpaired) electrons. The largest absolute Gasteiger partial charge is 0.454 e. The summed E-state index contributed by atoms with van der Waals surface area (Å²) < 4.78 is 15.9. The van der Waals surface area contributed by atoms with Gasteiger partial charge < -0.3 is 14.2 Å². The van der Waals surface area contributed by atoms with E-state index in [1.807, 2.05) is 38.1 Å². The predicted octanol–water partition coefficient (Wildman–Crippen LogP) is 3.81. The van der Waals surface area contributed by atoms with E-state index in [4.69, 9.17) is 14.2 Å². The number of hydrogen-bond donors (Lipinski definition) is 0. The van der Waals surface area contributed by atoms with Crippen LogP contribution in [0.1, 0.15) is 12.5 Å². The average Bonchev–Trinajstić information content (AvgIpc) is 2.97. The van der Waals surface area contributed by atoms with Crippen LogP contribution in [-0.4, -0.2) is 18.0 Å². The molecule has 0 spiro atoms. The maximum atomic E-state index is 12.2. The summed E-state index contributed by atoms with van der Waals surface area (Å²) in [4.78, 5) is 13.2. The van der Waals surface area contributed by atoms with Crippen LogP contribution in [0.25, 0.3) is 0 Å². The zero-order valence-corrected chi connectivity index (χ0v) is 13.2. The molecule has 0 saturated carbocycles. The average molecular weight is 316 g/mol. The number of benzene rings is 2. The molecular weight excluding hydrogens is 300 g/mol. The number of fused-ring (bicyclic) bond motifs is 1. The summed E-state index contributed by atoms with van der Waals surface area (Å²) in [6.07, 6.45) is 0. The molecule has 0 saturated heterocycles. The van der Waals surface area contributed by atoms with Gasteiger partial charge in [0.15, 0.2) is 11.5 Å². The van der Waals surface area contributed by atoms with E-state index < -0.39 is 0 Å². The maximum absolute atomic E-state index is 12.2. The highest BCUT2D eigenvalue weighted by molar-refractivity contribution is 8.00. The van der Waals surface area contributed by atoms with Gasteiger partial charge in [-0.1, -0.05) is 17.7 Å². The quantitative estimate of drug-likeness (QED) is 0.487. The molecule has 0 aliphatic carbocycles. The van der Waals surface area contributed by atoms with E-state index in [-0.39, 0.29) is 18.0 Å². The second-order valence-electron chi connectivity index (χ2n) is 5.01. The number of carbonyl (C=O) groups is 1. The van der Waals surface area contributed by atoms with Gasteiger partial charge in [-0.25, -0.2) is 0 Å². The van der Waals surface area contributed by atoms with Crippen molar-refractivity contribution in [3.8, 4) is 17.2 Å². The summed E-state index contributed by atoms with van der Waals surface area (Å²) >= 11 is 1.47. The Bertz CT molecular complexity index is 682. The third kappa shape index (κ3) is 3.36. The minimum Gasteiger partial charge on any atom is -0.454 e. The maximum Gasteiger partial charge on any atom is 0.324 e. The van der Waals surface area contributed by atoms with Crippen molar-refractivity contribution in [2.75, 3.05) is 6.79 Å². The van der Waals surface area contributed by atoms with Gasteiger partial charge in [-0.2, -0.15) is 0 Å². The van der Waals surface area contributed by atoms with E-state index in [2.05, 4.69) is 0 Å². The Morgan fingerprint density at radius 2 is 1.86 bits per heavy atom. The highest BCUT2D eigenvalue weighted by atomic mass is 32.2. The molecule has 1 aliphatic rings. The van der Waals surface area contributed by atoms with E-state index in [0.717, 1.165) is 4.90 Å². The third-order valence-corrected chi connectivity index (χ3v) is 4.32. The molecule has 0 fully saturated rings. The summed E-state index contributed by atoms with van der Waals surface area (Å²) in [5.74, 6) is 1.45. The Hall–Kier alpha value is -2.14. The standard InChI is InChI=1S/C17H16O4S/c1-11-3-6-14(7-4-11)22-12(2)17(18)21-13-5-8-15-16(9-13)20-10-19-15/h3-9,12H,10H2,1-2H3/t12-/m0/s1. The molecule has 0 aromatic heterocycles. The molecule has 1 heterocycles. The summed E-state index contributed by atoms with van der Waals surface area (Å²) in [7, 11) is 0. The molecule has 2 aromatic rings. The lowest BCUT2D eigenvalue weighted by atomic mass is 10.2. The lowest BCUT2D eigenvalue weighted by Gasteiger charge is -2.11. The van der Waals surface area contributed by atoms with E-state index in [1.165, 1.54) is 17.3 Å². The van der Waals surface area contributed by atoms with E-state index >= 15 is 0 Å². The number of rotatable bonds is 4. The Balaban J connectivity index is 1.62. The van der Waals surface area contributed by atoms with Crippen LogP contribution in [0.2, 0.25) is 0 Å². The van der Waals surface area contributed by atoms with Gasteiger partial charge in [-0.15, -0.1) is 11.8 Å². The fraction of sp³-hybridized carbons (Fsp3) is 0.235.